The first-order chi connectivity index (χ1) is 15.8. The number of nitrogens with one attached hydrogen (secondary N) is 1. The molecule has 0 bridgehead atoms. The molecule has 0 aromatic heterocycles. The number of hydrogen-bond acceptors (Lipinski definition) is 4. The molecule has 2 atom stereocenters. The van der Waals surface area contributed by atoms with E-state index in [0.29, 0.717) is 0 Å². The molecule has 7 nitrogen and oxygen atoms in total. The Bertz CT molecular complexity index is 1130. The van der Waals surface area contributed by atoms with Gasteiger partial charge in [-0.3, -0.25) is 13.9 Å². The molecule has 186 valence electrons. The van der Waals surface area contributed by atoms with Crippen LogP contribution in [0.25, 0.3) is 0 Å². The summed E-state index contributed by atoms with van der Waals surface area (Å²) in [6, 6.07) is 10.8. The van der Waals surface area contributed by atoms with Gasteiger partial charge in [0.1, 0.15) is 12.6 Å². The molecule has 2 aromatic rings. The van der Waals surface area contributed by atoms with Crippen LogP contribution in [0.15, 0.2) is 46.9 Å². The predicted molar refractivity (Wildman–Crippen MR) is 141 cm³/mol. The van der Waals surface area contributed by atoms with E-state index in [4.69, 9.17) is 23.2 Å². The van der Waals surface area contributed by atoms with Crippen LogP contribution >= 0.6 is 39.1 Å². The largest absolute Gasteiger partial charge is 0.352 e. The zero-order valence-corrected chi connectivity index (χ0v) is 23.3. The van der Waals surface area contributed by atoms with Crippen LogP contribution < -0.4 is 9.62 Å². The van der Waals surface area contributed by atoms with Gasteiger partial charge in [-0.05, 0) is 56.2 Å². The third kappa shape index (κ3) is 7.86. The molecule has 0 unspecified atom stereocenters. The van der Waals surface area contributed by atoms with Crippen molar-refractivity contribution in [2.24, 2.45) is 0 Å². The molecule has 2 aromatic carbocycles. The smallest absolute Gasteiger partial charge is 0.244 e. The molecule has 0 saturated heterocycles. The highest BCUT2D eigenvalue weighted by Crippen LogP contribution is 2.31. The Kier molecular flexibility index (Phi) is 10.2. The van der Waals surface area contributed by atoms with E-state index < -0.39 is 28.5 Å². The summed E-state index contributed by atoms with van der Waals surface area (Å²) in [4.78, 5) is 27.7. The van der Waals surface area contributed by atoms with Gasteiger partial charge in [0.15, 0.2) is 0 Å². The summed E-state index contributed by atoms with van der Waals surface area (Å²) in [6.45, 7) is 5.00. The van der Waals surface area contributed by atoms with Gasteiger partial charge in [0.25, 0.3) is 0 Å². The Morgan fingerprint density at radius 2 is 1.71 bits per heavy atom. The van der Waals surface area contributed by atoms with Crippen LogP contribution in [0.2, 0.25) is 10.0 Å². The van der Waals surface area contributed by atoms with E-state index in [9.17, 15) is 18.0 Å². The fourth-order valence-electron chi connectivity index (χ4n) is 3.11. The number of nitrogens with zero attached hydrogens (tertiary/aromatic N) is 2. The molecule has 1 N–H and O–H groups in total. The van der Waals surface area contributed by atoms with E-state index in [2.05, 4.69) is 21.2 Å². The second-order valence-electron chi connectivity index (χ2n) is 8.01. The molecule has 0 saturated carbocycles. The number of benzene rings is 2. The third-order valence-corrected chi connectivity index (χ3v) is 7.50. The normalized spacial score (nSPS) is 13.1. The second-order valence-corrected chi connectivity index (χ2v) is 11.7. The number of anilines is 1. The summed E-state index contributed by atoms with van der Waals surface area (Å²) in [5.41, 5.74) is 0.872. The van der Waals surface area contributed by atoms with Crippen LogP contribution in [0.1, 0.15) is 32.8 Å². The Hall–Kier alpha value is -1.81. The van der Waals surface area contributed by atoms with Crippen molar-refractivity contribution >= 4 is 66.7 Å². The lowest BCUT2D eigenvalue weighted by atomic mass is 10.1. The Morgan fingerprint density at radius 1 is 1.09 bits per heavy atom. The highest BCUT2D eigenvalue weighted by atomic mass is 79.9. The van der Waals surface area contributed by atoms with Crippen molar-refractivity contribution in [1.82, 2.24) is 10.2 Å². The number of halogens is 3. The van der Waals surface area contributed by atoms with Crippen LogP contribution in [0.3, 0.4) is 0 Å². The first-order valence-electron chi connectivity index (χ1n) is 10.6. The molecule has 2 rings (SSSR count). The van der Waals surface area contributed by atoms with Crippen LogP contribution in [0, 0.1) is 0 Å². The molecule has 2 amide bonds. The van der Waals surface area contributed by atoms with Gasteiger partial charge in [-0.15, -0.1) is 0 Å². The number of carbonyl (C=O) groups excluding carboxylic acids is 2. The minimum absolute atomic E-state index is 0.0719. The quantitative estimate of drug-likeness (QED) is 0.427. The van der Waals surface area contributed by atoms with E-state index in [1.165, 1.54) is 23.1 Å². The molecular weight excluding hydrogens is 565 g/mol. The average molecular weight is 593 g/mol. The standard InChI is InChI=1S/C23H28BrCl2N3O4S/c1-5-15(2)27-23(31)16(3)28(13-17-6-8-18(24)9-7-17)22(30)14-29(34(4,32)33)21-12-19(25)10-11-20(21)26/h6-12,15-16H,5,13-14H2,1-4H3,(H,27,31)/t15-,16+/m1/s1. The zero-order valence-electron chi connectivity index (χ0n) is 19.4. The van der Waals surface area contributed by atoms with Crippen LogP contribution in [-0.4, -0.2) is 50.0 Å². The summed E-state index contributed by atoms with van der Waals surface area (Å²) in [5, 5.41) is 3.28. The second kappa shape index (κ2) is 12.2. The molecular formula is C23H28BrCl2N3O4S. The van der Waals surface area contributed by atoms with Crippen molar-refractivity contribution in [3.63, 3.8) is 0 Å². The molecule has 0 aliphatic rings. The molecule has 0 radical (unpaired) electrons. The topological polar surface area (TPSA) is 86.8 Å². The maximum atomic E-state index is 13.5. The van der Waals surface area contributed by atoms with Gasteiger partial charge in [-0.25, -0.2) is 8.42 Å². The minimum atomic E-state index is -3.90. The molecule has 11 heteroatoms. The number of rotatable bonds is 10. The third-order valence-electron chi connectivity index (χ3n) is 5.29. The number of hydrogen-bond donors (Lipinski definition) is 1. The lowest BCUT2D eigenvalue weighted by Gasteiger charge is -2.32. The highest BCUT2D eigenvalue weighted by molar-refractivity contribution is 9.10. The van der Waals surface area contributed by atoms with Crippen molar-refractivity contribution in [3.05, 3.63) is 62.5 Å². The first-order valence-corrected chi connectivity index (χ1v) is 14.0. The molecule has 0 aliphatic heterocycles. The number of carbonyl (C=O) groups is 2. The van der Waals surface area contributed by atoms with Gasteiger partial charge in [0.2, 0.25) is 21.8 Å². The van der Waals surface area contributed by atoms with Gasteiger partial charge < -0.3 is 10.2 Å². The lowest BCUT2D eigenvalue weighted by Crippen LogP contribution is -2.52. The van der Waals surface area contributed by atoms with Crippen LogP contribution in [0.4, 0.5) is 5.69 Å². The van der Waals surface area contributed by atoms with Crippen LogP contribution in [-0.2, 0) is 26.2 Å². The first kappa shape index (κ1) is 28.4. The Morgan fingerprint density at radius 3 is 2.26 bits per heavy atom. The monoisotopic (exact) mass is 591 g/mol. The van der Waals surface area contributed by atoms with E-state index in [0.717, 1.165) is 27.0 Å². The van der Waals surface area contributed by atoms with E-state index >= 15 is 0 Å². The van der Waals surface area contributed by atoms with E-state index in [1.54, 1.807) is 6.92 Å². The molecule has 0 spiro atoms. The van der Waals surface area contributed by atoms with Crippen molar-refractivity contribution in [2.75, 3.05) is 17.1 Å². The number of sulfonamides is 1. The molecule has 0 heterocycles. The van der Waals surface area contributed by atoms with E-state index in [1.807, 2.05) is 38.1 Å². The summed E-state index contributed by atoms with van der Waals surface area (Å²) in [6.07, 6.45) is 1.71. The molecule has 0 aliphatic carbocycles. The summed E-state index contributed by atoms with van der Waals surface area (Å²) >= 11 is 15.7. The van der Waals surface area contributed by atoms with Crippen molar-refractivity contribution in [2.45, 2.75) is 45.8 Å². The highest BCUT2D eigenvalue weighted by Gasteiger charge is 2.31. The van der Waals surface area contributed by atoms with Gasteiger partial charge in [-0.1, -0.05) is 58.2 Å². The van der Waals surface area contributed by atoms with Gasteiger partial charge >= 0.3 is 0 Å². The van der Waals surface area contributed by atoms with Crippen molar-refractivity contribution in [1.29, 1.82) is 0 Å². The zero-order chi connectivity index (χ0) is 25.6. The molecule has 34 heavy (non-hydrogen) atoms. The fourth-order valence-corrected chi connectivity index (χ4v) is 4.66. The lowest BCUT2D eigenvalue weighted by molar-refractivity contribution is -0.139. The predicted octanol–water partition coefficient (Wildman–Crippen LogP) is 4.85. The maximum Gasteiger partial charge on any atom is 0.244 e. The van der Waals surface area contributed by atoms with Crippen molar-refractivity contribution < 1.29 is 18.0 Å². The Labute approximate surface area is 219 Å². The van der Waals surface area contributed by atoms with Gasteiger partial charge in [0.05, 0.1) is 17.0 Å². The summed E-state index contributed by atoms with van der Waals surface area (Å²) in [7, 11) is -3.90. The van der Waals surface area contributed by atoms with Crippen molar-refractivity contribution in [3.8, 4) is 0 Å². The van der Waals surface area contributed by atoms with Crippen LogP contribution in [0.5, 0.6) is 0 Å². The summed E-state index contributed by atoms with van der Waals surface area (Å²) in [5.74, 6) is -0.886. The Balaban J connectivity index is 2.42. The van der Waals surface area contributed by atoms with Gasteiger partial charge in [0, 0.05) is 22.1 Å². The SMILES string of the molecule is CC[C@@H](C)NC(=O)[C@H](C)N(Cc1ccc(Br)cc1)C(=O)CN(c1cc(Cl)ccc1Cl)S(C)(=O)=O. The number of amides is 2. The fraction of sp³-hybridized carbons (Fsp3) is 0.391. The average Bonchev–Trinajstić information content (AvgIpc) is 2.77. The van der Waals surface area contributed by atoms with E-state index in [-0.39, 0.29) is 34.2 Å². The van der Waals surface area contributed by atoms with Gasteiger partial charge in [-0.2, -0.15) is 0 Å². The molecule has 0 fully saturated rings. The summed E-state index contributed by atoms with van der Waals surface area (Å²) < 4.78 is 27.0. The maximum absolute atomic E-state index is 13.5. The minimum Gasteiger partial charge on any atom is -0.352 e.